The zero-order chi connectivity index (χ0) is 10.3. The molecule has 1 N–H and O–H groups in total. The van der Waals surface area contributed by atoms with Gasteiger partial charge in [0.1, 0.15) is 5.88 Å². The van der Waals surface area contributed by atoms with Gasteiger partial charge in [-0.2, -0.15) is 0 Å². The Hall–Kier alpha value is 0.160. The predicted molar refractivity (Wildman–Crippen MR) is 55.4 cm³/mol. The van der Waals surface area contributed by atoms with Crippen LogP contribution in [-0.4, -0.2) is 45.4 Å². The number of nitrogens with zero attached hydrogens (tertiary/aromatic N) is 1. The van der Waals surface area contributed by atoms with Gasteiger partial charge < -0.3 is 5.32 Å². The molecule has 1 aliphatic rings. The first-order valence-electron chi connectivity index (χ1n) is 4.43. The van der Waals surface area contributed by atoms with Gasteiger partial charge in [0.15, 0.2) is 0 Å². The average molecular weight is 229 g/mol. The molecule has 1 aliphatic heterocycles. The van der Waals surface area contributed by atoms with Crippen molar-refractivity contribution < 1.29 is 8.42 Å². The van der Waals surface area contributed by atoms with Crippen LogP contribution in [0.15, 0.2) is 0 Å². The summed E-state index contributed by atoms with van der Waals surface area (Å²) >= 11 is 0. The number of hydrogen-bond acceptors (Lipinski definition) is 4. The van der Waals surface area contributed by atoms with Gasteiger partial charge in [0.25, 0.3) is 0 Å². The molecule has 0 aromatic heterocycles. The third-order valence-corrected chi connectivity index (χ3v) is 2.51. The minimum absolute atomic E-state index is 0.0315. The summed E-state index contributed by atoms with van der Waals surface area (Å²) in [6.07, 6.45) is 0. The van der Waals surface area contributed by atoms with Gasteiger partial charge in [-0.3, -0.25) is 4.90 Å². The van der Waals surface area contributed by atoms with E-state index in [1.54, 1.807) is 0 Å². The standard InChI is InChI=1S/C5H11ClN2O2S.C2H6/c6-11(9,10)5-8-3-1-7-2-4-8;1-2/h7H,1-5H2;1-2H3. The topological polar surface area (TPSA) is 49.4 Å². The molecule has 0 radical (unpaired) electrons. The van der Waals surface area contributed by atoms with E-state index in [0.717, 1.165) is 26.2 Å². The summed E-state index contributed by atoms with van der Waals surface area (Å²) in [5, 5.41) is 3.12. The molecule has 1 fully saturated rings. The number of nitrogens with one attached hydrogen (secondary N) is 1. The van der Waals surface area contributed by atoms with Crippen molar-refractivity contribution in [1.82, 2.24) is 10.2 Å². The highest BCUT2D eigenvalue weighted by Crippen LogP contribution is 2.01. The van der Waals surface area contributed by atoms with Crippen molar-refractivity contribution in [3.8, 4) is 0 Å². The molecule has 1 saturated heterocycles. The molecule has 0 spiro atoms. The lowest BCUT2D eigenvalue weighted by Crippen LogP contribution is -2.44. The fourth-order valence-corrected chi connectivity index (χ4v) is 2.17. The van der Waals surface area contributed by atoms with Gasteiger partial charge in [-0.15, -0.1) is 0 Å². The first-order valence-corrected chi connectivity index (χ1v) is 6.91. The summed E-state index contributed by atoms with van der Waals surface area (Å²) in [5.74, 6) is -0.0315. The Bertz CT molecular complexity index is 213. The largest absolute Gasteiger partial charge is 0.314 e. The second-order valence-electron chi connectivity index (χ2n) is 2.54. The molecule has 0 unspecified atom stereocenters. The van der Waals surface area contributed by atoms with Gasteiger partial charge in [0, 0.05) is 36.9 Å². The van der Waals surface area contributed by atoms with Gasteiger partial charge >= 0.3 is 0 Å². The lowest BCUT2D eigenvalue weighted by atomic mass is 10.4. The molecular formula is C7H17ClN2O2S. The molecule has 13 heavy (non-hydrogen) atoms. The zero-order valence-corrected chi connectivity index (χ0v) is 9.66. The minimum Gasteiger partial charge on any atom is -0.314 e. The van der Waals surface area contributed by atoms with Crippen molar-refractivity contribution in [2.45, 2.75) is 13.8 Å². The van der Waals surface area contributed by atoms with Crippen molar-refractivity contribution >= 4 is 19.7 Å². The van der Waals surface area contributed by atoms with Crippen LogP contribution in [0, 0.1) is 0 Å². The lowest BCUT2D eigenvalue weighted by Gasteiger charge is -2.25. The maximum Gasteiger partial charge on any atom is 0.245 e. The zero-order valence-electron chi connectivity index (χ0n) is 8.09. The molecule has 0 atom stereocenters. The molecule has 6 heteroatoms. The molecular weight excluding hydrogens is 212 g/mol. The van der Waals surface area contributed by atoms with E-state index in [9.17, 15) is 8.42 Å². The third kappa shape index (κ3) is 7.25. The molecule has 80 valence electrons. The Kier molecular flexibility index (Phi) is 6.67. The van der Waals surface area contributed by atoms with Crippen LogP contribution >= 0.6 is 10.7 Å². The Labute approximate surface area is 84.7 Å². The van der Waals surface area contributed by atoms with E-state index < -0.39 is 9.05 Å². The van der Waals surface area contributed by atoms with E-state index in [1.807, 2.05) is 18.7 Å². The maximum atomic E-state index is 10.6. The number of piperazine rings is 1. The summed E-state index contributed by atoms with van der Waals surface area (Å²) in [6, 6.07) is 0. The Morgan fingerprint density at radius 3 is 2.15 bits per heavy atom. The second kappa shape index (κ2) is 6.59. The van der Waals surface area contributed by atoms with Gasteiger partial charge in [0.05, 0.1) is 0 Å². The number of rotatable bonds is 2. The average Bonchev–Trinajstić information content (AvgIpc) is 2.07. The van der Waals surface area contributed by atoms with Gasteiger partial charge in [0.2, 0.25) is 9.05 Å². The highest BCUT2D eigenvalue weighted by molar-refractivity contribution is 8.13. The van der Waals surface area contributed by atoms with Crippen LogP contribution in [0.4, 0.5) is 0 Å². The molecule has 0 amide bonds. The van der Waals surface area contributed by atoms with Crippen LogP contribution < -0.4 is 5.32 Å². The summed E-state index contributed by atoms with van der Waals surface area (Å²) in [7, 11) is 1.72. The van der Waals surface area contributed by atoms with Crippen LogP contribution in [0.1, 0.15) is 13.8 Å². The Morgan fingerprint density at radius 1 is 1.31 bits per heavy atom. The van der Waals surface area contributed by atoms with E-state index in [-0.39, 0.29) is 5.88 Å². The van der Waals surface area contributed by atoms with Crippen molar-refractivity contribution in [2.24, 2.45) is 0 Å². The quantitative estimate of drug-likeness (QED) is 0.698. The molecule has 0 aromatic rings. The predicted octanol–water partition coefficient (Wildman–Crippen LogP) is 0.444. The van der Waals surface area contributed by atoms with Crippen LogP contribution in [0.2, 0.25) is 0 Å². The monoisotopic (exact) mass is 228 g/mol. The fraction of sp³-hybridized carbons (Fsp3) is 1.00. The van der Waals surface area contributed by atoms with Crippen LogP contribution in [0.3, 0.4) is 0 Å². The molecule has 1 rings (SSSR count). The van der Waals surface area contributed by atoms with Gasteiger partial charge in [-0.25, -0.2) is 8.42 Å². The Morgan fingerprint density at radius 2 is 1.77 bits per heavy atom. The van der Waals surface area contributed by atoms with E-state index in [4.69, 9.17) is 10.7 Å². The SMILES string of the molecule is CC.O=S(=O)(Cl)CN1CCNCC1. The Balaban J connectivity index is 0.000000671. The van der Waals surface area contributed by atoms with Crippen molar-refractivity contribution in [3.05, 3.63) is 0 Å². The molecule has 4 nitrogen and oxygen atoms in total. The highest BCUT2D eigenvalue weighted by Gasteiger charge is 2.15. The fourth-order valence-electron chi connectivity index (χ4n) is 1.06. The second-order valence-corrected chi connectivity index (χ2v) is 5.28. The molecule has 0 saturated carbocycles. The molecule has 1 heterocycles. The normalized spacial score (nSPS) is 19.0. The van der Waals surface area contributed by atoms with Crippen LogP contribution in [0.5, 0.6) is 0 Å². The van der Waals surface area contributed by atoms with Crippen molar-refractivity contribution in [3.63, 3.8) is 0 Å². The van der Waals surface area contributed by atoms with E-state index in [1.165, 1.54) is 0 Å². The lowest BCUT2D eigenvalue weighted by molar-refractivity contribution is 0.275. The number of hydrogen-bond donors (Lipinski definition) is 1. The highest BCUT2D eigenvalue weighted by atomic mass is 35.7. The summed E-state index contributed by atoms with van der Waals surface area (Å²) < 4.78 is 21.2. The maximum absolute atomic E-state index is 10.6. The van der Waals surface area contributed by atoms with Crippen LogP contribution in [-0.2, 0) is 9.05 Å². The summed E-state index contributed by atoms with van der Waals surface area (Å²) in [4.78, 5) is 1.82. The van der Waals surface area contributed by atoms with Crippen molar-refractivity contribution in [2.75, 3.05) is 32.1 Å². The first kappa shape index (κ1) is 13.2. The summed E-state index contributed by atoms with van der Waals surface area (Å²) in [5.41, 5.74) is 0. The number of halogens is 1. The molecule has 0 aromatic carbocycles. The van der Waals surface area contributed by atoms with Crippen LogP contribution in [0.25, 0.3) is 0 Å². The third-order valence-electron chi connectivity index (χ3n) is 1.55. The van der Waals surface area contributed by atoms with Gasteiger partial charge in [-0.05, 0) is 0 Å². The smallest absolute Gasteiger partial charge is 0.245 e. The first-order chi connectivity index (χ1) is 6.08. The molecule has 0 aliphatic carbocycles. The van der Waals surface area contributed by atoms with E-state index >= 15 is 0 Å². The van der Waals surface area contributed by atoms with E-state index in [0.29, 0.717) is 0 Å². The van der Waals surface area contributed by atoms with Crippen molar-refractivity contribution in [1.29, 1.82) is 0 Å². The molecule has 0 bridgehead atoms. The van der Waals surface area contributed by atoms with Gasteiger partial charge in [-0.1, -0.05) is 13.8 Å². The summed E-state index contributed by atoms with van der Waals surface area (Å²) in [6.45, 7) is 7.19. The van der Waals surface area contributed by atoms with E-state index in [2.05, 4.69) is 5.32 Å². The minimum atomic E-state index is -3.35.